The first-order valence-corrected chi connectivity index (χ1v) is 8.71. The van der Waals surface area contributed by atoms with E-state index in [2.05, 4.69) is 29.2 Å². The van der Waals surface area contributed by atoms with Crippen LogP contribution < -0.4 is 5.32 Å². The van der Waals surface area contributed by atoms with E-state index in [1.165, 1.54) is 0 Å². The van der Waals surface area contributed by atoms with Crippen molar-refractivity contribution in [2.45, 2.75) is 45.9 Å². The summed E-state index contributed by atoms with van der Waals surface area (Å²) >= 11 is 0. The Bertz CT molecular complexity index is 512. The fraction of sp³-hybridized carbons (Fsp3) is 0.765. The van der Waals surface area contributed by atoms with Gasteiger partial charge in [-0.1, -0.05) is 6.92 Å². The van der Waals surface area contributed by atoms with Gasteiger partial charge in [0.2, 0.25) is 0 Å². The number of nitrogens with one attached hydrogen (secondary N) is 1. The molecule has 0 spiro atoms. The van der Waals surface area contributed by atoms with E-state index in [0.717, 1.165) is 19.6 Å². The SMILES string of the molecule is CC(CNC(=O)N1CCN(CC(C)(C)O)CC1C)Cn1cccn1. The van der Waals surface area contributed by atoms with Crippen LogP contribution in [0.15, 0.2) is 18.5 Å². The molecule has 2 rings (SSSR count). The molecule has 0 aromatic carbocycles. The van der Waals surface area contributed by atoms with Crippen LogP contribution in [-0.2, 0) is 6.54 Å². The van der Waals surface area contributed by atoms with E-state index < -0.39 is 5.60 Å². The number of urea groups is 1. The second kappa shape index (κ2) is 7.98. The number of β-amino-alcohol motifs (C(OH)–C–C–N with tert-alkyl or cyclic N) is 1. The van der Waals surface area contributed by atoms with Crippen molar-refractivity contribution in [3.63, 3.8) is 0 Å². The van der Waals surface area contributed by atoms with Crippen LogP contribution in [0, 0.1) is 5.92 Å². The molecule has 2 unspecified atom stereocenters. The Hall–Kier alpha value is -1.60. The van der Waals surface area contributed by atoms with Crippen molar-refractivity contribution in [1.29, 1.82) is 0 Å². The molecule has 1 fully saturated rings. The third-order valence-electron chi connectivity index (χ3n) is 4.24. The number of aliphatic hydroxyl groups is 1. The van der Waals surface area contributed by atoms with E-state index in [4.69, 9.17) is 0 Å². The van der Waals surface area contributed by atoms with Crippen LogP contribution in [0.5, 0.6) is 0 Å². The van der Waals surface area contributed by atoms with Gasteiger partial charge in [0.25, 0.3) is 0 Å². The number of carbonyl (C=O) groups is 1. The molecule has 0 saturated carbocycles. The zero-order valence-electron chi connectivity index (χ0n) is 15.3. The van der Waals surface area contributed by atoms with Gasteiger partial charge in [-0.25, -0.2) is 4.79 Å². The van der Waals surface area contributed by atoms with Gasteiger partial charge in [-0.05, 0) is 32.8 Å². The van der Waals surface area contributed by atoms with E-state index in [1.807, 2.05) is 35.7 Å². The summed E-state index contributed by atoms with van der Waals surface area (Å²) in [6.45, 7) is 12.1. The highest BCUT2D eigenvalue weighted by atomic mass is 16.3. The summed E-state index contributed by atoms with van der Waals surface area (Å²) in [5, 5.41) is 17.2. The fourth-order valence-electron chi connectivity index (χ4n) is 3.18. The molecule has 0 bridgehead atoms. The predicted octanol–water partition coefficient (Wildman–Crippen LogP) is 1.01. The third-order valence-corrected chi connectivity index (χ3v) is 4.24. The quantitative estimate of drug-likeness (QED) is 0.812. The van der Waals surface area contributed by atoms with Crippen LogP contribution in [0.25, 0.3) is 0 Å². The van der Waals surface area contributed by atoms with Crippen LogP contribution in [0.1, 0.15) is 27.7 Å². The first kappa shape index (κ1) is 18.7. The maximum absolute atomic E-state index is 12.4. The average Bonchev–Trinajstić information content (AvgIpc) is 2.96. The summed E-state index contributed by atoms with van der Waals surface area (Å²) in [5.74, 6) is 0.320. The highest BCUT2D eigenvalue weighted by Gasteiger charge is 2.29. The lowest BCUT2D eigenvalue weighted by molar-refractivity contribution is 0.0118. The second-order valence-corrected chi connectivity index (χ2v) is 7.61. The summed E-state index contributed by atoms with van der Waals surface area (Å²) in [7, 11) is 0. The molecule has 0 aliphatic carbocycles. The molecule has 1 aliphatic heterocycles. The number of nitrogens with zero attached hydrogens (tertiary/aromatic N) is 4. The molecular weight excluding hydrogens is 306 g/mol. The molecule has 7 nitrogen and oxygen atoms in total. The zero-order valence-corrected chi connectivity index (χ0v) is 15.3. The molecule has 1 saturated heterocycles. The second-order valence-electron chi connectivity index (χ2n) is 7.61. The Morgan fingerprint density at radius 2 is 2.21 bits per heavy atom. The monoisotopic (exact) mass is 337 g/mol. The molecule has 2 heterocycles. The minimum absolute atomic E-state index is 0.00211. The van der Waals surface area contributed by atoms with Crippen molar-refractivity contribution in [2.75, 3.05) is 32.7 Å². The van der Waals surface area contributed by atoms with Crippen LogP contribution >= 0.6 is 0 Å². The number of rotatable bonds is 6. The standard InChI is InChI=1S/C17H31N5O2/c1-14(11-21-7-5-6-19-21)10-18-16(23)22-9-8-20(12-15(22)2)13-17(3,4)24/h5-7,14-15,24H,8-13H2,1-4H3,(H,18,23). The van der Waals surface area contributed by atoms with Gasteiger partial charge in [-0.3, -0.25) is 9.58 Å². The fourth-order valence-corrected chi connectivity index (χ4v) is 3.18. The van der Waals surface area contributed by atoms with Gasteiger partial charge < -0.3 is 15.3 Å². The highest BCUT2D eigenvalue weighted by Crippen LogP contribution is 2.13. The third kappa shape index (κ3) is 5.79. The highest BCUT2D eigenvalue weighted by molar-refractivity contribution is 5.74. The van der Waals surface area contributed by atoms with Gasteiger partial charge in [0.05, 0.1) is 5.60 Å². The lowest BCUT2D eigenvalue weighted by Gasteiger charge is -2.41. The number of hydrogen-bond acceptors (Lipinski definition) is 4. The van der Waals surface area contributed by atoms with Crippen LogP contribution in [0.4, 0.5) is 4.79 Å². The zero-order chi connectivity index (χ0) is 17.7. The van der Waals surface area contributed by atoms with Crippen molar-refractivity contribution >= 4 is 6.03 Å². The lowest BCUT2D eigenvalue weighted by atomic mass is 10.1. The molecule has 1 aromatic rings. The first-order chi connectivity index (χ1) is 11.2. The molecule has 7 heteroatoms. The Labute approximate surface area is 144 Å². The van der Waals surface area contributed by atoms with E-state index in [-0.39, 0.29) is 12.1 Å². The normalized spacial score (nSPS) is 20.9. The summed E-state index contributed by atoms with van der Waals surface area (Å²) in [4.78, 5) is 16.5. The van der Waals surface area contributed by atoms with Crippen molar-refractivity contribution < 1.29 is 9.90 Å². The number of carbonyl (C=O) groups excluding carboxylic acids is 1. The Morgan fingerprint density at radius 1 is 1.46 bits per heavy atom. The van der Waals surface area contributed by atoms with Crippen LogP contribution in [0.2, 0.25) is 0 Å². The maximum Gasteiger partial charge on any atom is 0.317 e. The Balaban J connectivity index is 1.74. The van der Waals surface area contributed by atoms with E-state index in [0.29, 0.717) is 25.6 Å². The van der Waals surface area contributed by atoms with Crippen LogP contribution in [-0.4, -0.2) is 75.1 Å². The number of amides is 2. The van der Waals surface area contributed by atoms with E-state index in [9.17, 15) is 9.90 Å². The number of aromatic nitrogens is 2. The molecule has 136 valence electrons. The van der Waals surface area contributed by atoms with Gasteiger partial charge >= 0.3 is 6.03 Å². The maximum atomic E-state index is 12.4. The lowest BCUT2D eigenvalue weighted by Crippen LogP contribution is -2.58. The Morgan fingerprint density at radius 3 is 2.79 bits per heavy atom. The van der Waals surface area contributed by atoms with Crippen molar-refractivity contribution in [1.82, 2.24) is 24.9 Å². The molecule has 2 N–H and O–H groups in total. The summed E-state index contributed by atoms with van der Waals surface area (Å²) in [6.07, 6.45) is 3.70. The summed E-state index contributed by atoms with van der Waals surface area (Å²) in [5.41, 5.74) is -0.702. The van der Waals surface area contributed by atoms with Crippen LogP contribution in [0.3, 0.4) is 0 Å². The van der Waals surface area contributed by atoms with Gasteiger partial charge in [0.15, 0.2) is 0 Å². The molecule has 1 aliphatic rings. The smallest absolute Gasteiger partial charge is 0.317 e. The molecule has 24 heavy (non-hydrogen) atoms. The summed E-state index contributed by atoms with van der Waals surface area (Å²) < 4.78 is 1.88. The Kier molecular flexibility index (Phi) is 6.23. The van der Waals surface area contributed by atoms with Gasteiger partial charge in [-0.15, -0.1) is 0 Å². The first-order valence-electron chi connectivity index (χ1n) is 8.71. The van der Waals surface area contributed by atoms with Crippen molar-refractivity contribution in [3.05, 3.63) is 18.5 Å². The molecule has 1 aromatic heterocycles. The van der Waals surface area contributed by atoms with Crippen molar-refractivity contribution in [3.8, 4) is 0 Å². The van der Waals surface area contributed by atoms with E-state index in [1.54, 1.807) is 6.20 Å². The molecule has 2 atom stereocenters. The van der Waals surface area contributed by atoms with Crippen molar-refractivity contribution in [2.24, 2.45) is 5.92 Å². The largest absolute Gasteiger partial charge is 0.389 e. The minimum atomic E-state index is -0.702. The van der Waals surface area contributed by atoms with E-state index >= 15 is 0 Å². The molecule has 2 amide bonds. The predicted molar refractivity (Wildman–Crippen MR) is 93.7 cm³/mol. The van der Waals surface area contributed by atoms with Gasteiger partial charge in [-0.2, -0.15) is 5.10 Å². The minimum Gasteiger partial charge on any atom is -0.389 e. The van der Waals surface area contributed by atoms with Gasteiger partial charge in [0.1, 0.15) is 0 Å². The number of hydrogen-bond donors (Lipinski definition) is 2. The topological polar surface area (TPSA) is 73.6 Å². The average molecular weight is 337 g/mol. The van der Waals surface area contributed by atoms with Gasteiger partial charge in [0, 0.05) is 57.7 Å². The summed E-state index contributed by atoms with van der Waals surface area (Å²) in [6, 6.07) is 2.04. The molecular formula is C17H31N5O2. The molecule has 0 radical (unpaired) electrons. The number of piperazine rings is 1.